The minimum atomic E-state index is -2.86. The molecular formula is C10H14BrNO2S. The van der Waals surface area contributed by atoms with Gasteiger partial charge in [0.2, 0.25) is 0 Å². The average Bonchev–Trinajstić information content (AvgIpc) is 2.14. The van der Waals surface area contributed by atoms with Crippen LogP contribution in [0, 0.1) is 0 Å². The van der Waals surface area contributed by atoms with E-state index in [2.05, 4.69) is 21.2 Å². The lowest BCUT2D eigenvalue weighted by molar-refractivity contribution is 0.596. The van der Waals surface area contributed by atoms with E-state index in [9.17, 15) is 8.42 Å². The van der Waals surface area contributed by atoms with Crippen molar-refractivity contribution >= 4 is 25.8 Å². The van der Waals surface area contributed by atoms with Gasteiger partial charge in [-0.05, 0) is 17.7 Å². The molecule has 0 aromatic heterocycles. The van der Waals surface area contributed by atoms with Gasteiger partial charge in [0.15, 0.2) is 0 Å². The van der Waals surface area contributed by atoms with Gasteiger partial charge in [-0.25, -0.2) is 8.42 Å². The van der Waals surface area contributed by atoms with Crippen molar-refractivity contribution in [1.29, 1.82) is 0 Å². The SMILES string of the molecule is CS(=O)(=O)CCNCc1ccc(Br)cc1. The first-order valence-electron chi connectivity index (χ1n) is 4.60. The van der Waals surface area contributed by atoms with E-state index >= 15 is 0 Å². The largest absolute Gasteiger partial charge is 0.312 e. The van der Waals surface area contributed by atoms with E-state index in [0.717, 1.165) is 10.0 Å². The quantitative estimate of drug-likeness (QED) is 0.838. The summed E-state index contributed by atoms with van der Waals surface area (Å²) < 4.78 is 22.7. The first-order valence-corrected chi connectivity index (χ1v) is 7.45. The summed E-state index contributed by atoms with van der Waals surface area (Å²) in [6.07, 6.45) is 1.24. The van der Waals surface area contributed by atoms with Crippen molar-refractivity contribution < 1.29 is 8.42 Å². The van der Waals surface area contributed by atoms with Crippen LogP contribution in [0.3, 0.4) is 0 Å². The Morgan fingerprint density at radius 2 is 1.87 bits per heavy atom. The lowest BCUT2D eigenvalue weighted by Gasteiger charge is -2.03. The van der Waals surface area contributed by atoms with E-state index in [1.54, 1.807) is 0 Å². The summed E-state index contributed by atoms with van der Waals surface area (Å²) in [5, 5.41) is 3.08. The Morgan fingerprint density at radius 3 is 2.40 bits per heavy atom. The van der Waals surface area contributed by atoms with Crippen molar-refractivity contribution in [1.82, 2.24) is 5.32 Å². The molecule has 0 unspecified atom stereocenters. The molecule has 0 bridgehead atoms. The summed E-state index contributed by atoms with van der Waals surface area (Å²) in [5.41, 5.74) is 1.15. The van der Waals surface area contributed by atoms with E-state index in [1.807, 2.05) is 24.3 Å². The Bertz CT molecular complexity index is 400. The number of hydrogen-bond acceptors (Lipinski definition) is 3. The first-order chi connectivity index (χ1) is 6.97. The molecule has 3 nitrogen and oxygen atoms in total. The molecule has 5 heteroatoms. The van der Waals surface area contributed by atoms with Crippen LogP contribution in [-0.4, -0.2) is 27.0 Å². The summed E-state index contributed by atoms with van der Waals surface area (Å²) in [6.45, 7) is 1.19. The maximum atomic E-state index is 10.8. The molecule has 1 rings (SSSR count). The van der Waals surface area contributed by atoms with Gasteiger partial charge in [-0.15, -0.1) is 0 Å². The van der Waals surface area contributed by atoms with Crippen LogP contribution in [-0.2, 0) is 16.4 Å². The Balaban J connectivity index is 2.29. The molecule has 84 valence electrons. The number of hydrogen-bond donors (Lipinski definition) is 1. The van der Waals surface area contributed by atoms with Gasteiger partial charge in [-0.2, -0.15) is 0 Å². The molecule has 0 spiro atoms. The lowest BCUT2D eigenvalue weighted by Crippen LogP contribution is -2.21. The third kappa shape index (κ3) is 5.92. The fourth-order valence-electron chi connectivity index (χ4n) is 1.09. The topological polar surface area (TPSA) is 46.2 Å². The van der Waals surface area contributed by atoms with Gasteiger partial charge in [0.1, 0.15) is 9.84 Å². The van der Waals surface area contributed by atoms with E-state index in [1.165, 1.54) is 6.26 Å². The molecule has 15 heavy (non-hydrogen) atoms. The van der Waals surface area contributed by atoms with Gasteiger partial charge in [0.05, 0.1) is 5.75 Å². The molecule has 0 heterocycles. The van der Waals surface area contributed by atoms with Crippen molar-refractivity contribution in [2.24, 2.45) is 0 Å². The van der Waals surface area contributed by atoms with Crippen LogP contribution in [0.2, 0.25) is 0 Å². The van der Waals surface area contributed by atoms with Crippen molar-refractivity contribution in [2.75, 3.05) is 18.6 Å². The van der Waals surface area contributed by atoms with E-state index in [0.29, 0.717) is 13.1 Å². The highest BCUT2D eigenvalue weighted by Crippen LogP contribution is 2.09. The van der Waals surface area contributed by atoms with Gasteiger partial charge in [0, 0.05) is 23.8 Å². The summed E-state index contributed by atoms with van der Waals surface area (Å²) in [4.78, 5) is 0. The zero-order valence-corrected chi connectivity index (χ0v) is 10.9. The van der Waals surface area contributed by atoms with Crippen molar-refractivity contribution in [3.8, 4) is 0 Å². The van der Waals surface area contributed by atoms with Crippen LogP contribution in [0.25, 0.3) is 0 Å². The van der Waals surface area contributed by atoms with Crippen molar-refractivity contribution in [3.05, 3.63) is 34.3 Å². The molecular weight excluding hydrogens is 278 g/mol. The minimum absolute atomic E-state index is 0.184. The Labute approximate surface area is 98.9 Å². The van der Waals surface area contributed by atoms with Gasteiger partial charge < -0.3 is 5.32 Å². The molecule has 0 amide bonds. The normalized spacial score (nSPS) is 11.6. The van der Waals surface area contributed by atoms with E-state index < -0.39 is 9.84 Å². The van der Waals surface area contributed by atoms with Crippen LogP contribution in [0.15, 0.2) is 28.7 Å². The summed E-state index contributed by atoms with van der Waals surface area (Å²) in [5.74, 6) is 0.184. The predicted molar refractivity (Wildman–Crippen MR) is 65.6 cm³/mol. The lowest BCUT2D eigenvalue weighted by atomic mass is 10.2. The Hall–Kier alpha value is -0.390. The monoisotopic (exact) mass is 291 g/mol. The highest BCUT2D eigenvalue weighted by atomic mass is 79.9. The fourth-order valence-corrected chi connectivity index (χ4v) is 1.87. The molecule has 0 aliphatic carbocycles. The molecule has 0 atom stereocenters. The van der Waals surface area contributed by atoms with E-state index in [-0.39, 0.29) is 5.75 Å². The molecule has 1 N–H and O–H groups in total. The third-order valence-corrected chi connectivity index (χ3v) is 3.37. The molecule has 0 saturated heterocycles. The molecule has 0 saturated carbocycles. The summed E-state index contributed by atoms with van der Waals surface area (Å²) >= 11 is 3.35. The molecule has 1 aromatic rings. The second kappa shape index (κ2) is 5.63. The van der Waals surface area contributed by atoms with Crippen LogP contribution in [0.1, 0.15) is 5.56 Å². The zero-order valence-electron chi connectivity index (χ0n) is 8.53. The van der Waals surface area contributed by atoms with Gasteiger partial charge in [-0.3, -0.25) is 0 Å². The molecule has 0 aliphatic heterocycles. The first kappa shape index (κ1) is 12.7. The smallest absolute Gasteiger partial charge is 0.148 e. The molecule has 0 radical (unpaired) electrons. The highest BCUT2D eigenvalue weighted by molar-refractivity contribution is 9.10. The maximum absolute atomic E-state index is 10.8. The Kier molecular flexibility index (Phi) is 4.76. The number of rotatable bonds is 5. The summed E-state index contributed by atoms with van der Waals surface area (Å²) in [6, 6.07) is 7.93. The number of sulfone groups is 1. The van der Waals surface area contributed by atoms with Crippen molar-refractivity contribution in [2.45, 2.75) is 6.54 Å². The molecule has 0 aliphatic rings. The summed E-state index contributed by atoms with van der Waals surface area (Å²) in [7, 11) is -2.86. The molecule has 1 aromatic carbocycles. The standard InChI is InChI=1S/C10H14BrNO2S/c1-15(13,14)7-6-12-8-9-2-4-10(11)5-3-9/h2-5,12H,6-8H2,1H3. The van der Waals surface area contributed by atoms with Crippen LogP contribution in [0.5, 0.6) is 0 Å². The highest BCUT2D eigenvalue weighted by Gasteiger charge is 2.00. The van der Waals surface area contributed by atoms with Gasteiger partial charge in [0.25, 0.3) is 0 Å². The van der Waals surface area contributed by atoms with Crippen LogP contribution >= 0.6 is 15.9 Å². The van der Waals surface area contributed by atoms with Gasteiger partial charge in [-0.1, -0.05) is 28.1 Å². The number of benzene rings is 1. The average molecular weight is 292 g/mol. The maximum Gasteiger partial charge on any atom is 0.148 e. The van der Waals surface area contributed by atoms with Crippen molar-refractivity contribution in [3.63, 3.8) is 0 Å². The van der Waals surface area contributed by atoms with Gasteiger partial charge >= 0.3 is 0 Å². The predicted octanol–water partition coefficient (Wildman–Crippen LogP) is 1.58. The van der Waals surface area contributed by atoms with Crippen LogP contribution in [0.4, 0.5) is 0 Å². The fraction of sp³-hybridized carbons (Fsp3) is 0.400. The number of halogens is 1. The van der Waals surface area contributed by atoms with E-state index in [4.69, 9.17) is 0 Å². The second-order valence-electron chi connectivity index (χ2n) is 3.43. The Morgan fingerprint density at radius 1 is 1.27 bits per heavy atom. The zero-order chi connectivity index (χ0) is 11.3. The molecule has 0 fully saturated rings. The number of nitrogens with one attached hydrogen (secondary N) is 1. The second-order valence-corrected chi connectivity index (χ2v) is 6.61. The van der Waals surface area contributed by atoms with Crippen LogP contribution < -0.4 is 5.32 Å². The third-order valence-electron chi connectivity index (χ3n) is 1.89. The minimum Gasteiger partial charge on any atom is -0.312 e.